The van der Waals surface area contributed by atoms with Crippen molar-refractivity contribution in [2.75, 3.05) is 6.54 Å². The minimum Gasteiger partial charge on any atom is -0.387 e. The third-order valence-electron chi connectivity index (χ3n) is 10.6. The maximum Gasteiger partial charge on any atom is 0.394 e. The summed E-state index contributed by atoms with van der Waals surface area (Å²) >= 11 is 0. The average molecular weight is 734 g/mol. The molecule has 1 atom stereocenters. The number of unbranched alkanes of at least 4 members (excludes halogenated alkanes) is 28. The fourth-order valence-electron chi connectivity index (χ4n) is 6.77. The third kappa shape index (κ3) is 30.7. The van der Waals surface area contributed by atoms with E-state index >= 15 is 0 Å². The third-order valence-corrected chi connectivity index (χ3v) is 10.6. The van der Waals surface area contributed by atoms with Gasteiger partial charge in [-0.3, -0.25) is 18.7 Å². The van der Waals surface area contributed by atoms with E-state index in [0.717, 1.165) is 38.5 Å². The van der Waals surface area contributed by atoms with Crippen molar-refractivity contribution >= 4 is 22.0 Å². The van der Waals surface area contributed by atoms with Crippen LogP contribution in [0.4, 0.5) is 0 Å². The number of Topliss-reactive ketones (excluding diaryl/α,β-unsaturated/α-hetero) is 2. The zero-order valence-electron chi connectivity index (χ0n) is 33.3. The molecule has 5 N–H and O–H groups in total. The van der Waals surface area contributed by atoms with Gasteiger partial charge < -0.3 is 10.8 Å². The highest BCUT2D eigenvalue weighted by atomic mass is 32.3. The molecular formula is C41H83NO7S. The Morgan fingerprint density at radius 2 is 0.640 bits per heavy atom. The number of ketones is 2. The van der Waals surface area contributed by atoms with Gasteiger partial charge in [-0.15, -0.1) is 0 Å². The predicted molar refractivity (Wildman–Crippen MR) is 211 cm³/mol. The van der Waals surface area contributed by atoms with Crippen LogP contribution in [0.1, 0.15) is 233 Å². The Morgan fingerprint density at radius 1 is 0.460 bits per heavy atom. The summed E-state index contributed by atoms with van der Waals surface area (Å²) in [5.74, 6) is -0.253. The lowest BCUT2D eigenvalue weighted by molar-refractivity contribution is -0.156. The Morgan fingerprint density at radius 3 is 0.820 bits per heavy atom. The molecule has 0 amide bonds. The standard InChI is InChI=1S/C41H81NO3.H2O4S/c1-5-7-9-11-13-15-17-19-21-23-25-27-29-31-33-35-38(43)41(4,40(3,45)37-42)39(44)36-34-32-30-28-26-24-22-20-18-16-14-12-10-8-6-2;1-5(2,3)4/h45H,5-37,42H2,1-4H3;(H2,1,2,3,4). The number of aliphatic hydroxyl groups is 1. The highest BCUT2D eigenvalue weighted by Crippen LogP contribution is 2.36. The smallest absolute Gasteiger partial charge is 0.387 e. The molecule has 0 aromatic heterocycles. The lowest BCUT2D eigenvalue weighted by atomic mass is 9.66. The molecule has 0 fully saturated rings. The van der Waals surface area contributed by atoms with Gasteiger partial charge in [-0.1, -0.05) is 194 Å². The van der Waals surface area contributed by atoms with E-state index in [9.17, 15) is 14.7 Å². The molecule has 1 unspecified atom stereocenters. The molecule has 9 heteroatoms. The molecule has 0 aliphatic heterocycles. The topological polar surface area (TPSA) is 155 Å². The van der Waals surface area contributed by atoms with Gasteiger partial charge in [-0.05, 0) is 26.7 Å². The van der Waals surface area contributed by atoms with Crippen molar-refractivity contribution in [3.05, 3.63) is 0 Å². The van der Waals surface area contributed by atoms with Crippen LogP contribution in [0.15, 0.2) is 0 Å². The van der Waals surface area contributed by atoms with E-state index in [1.165, 1.54) is 154 Å². The second kappa shape index (κ2) is 33.9. The van der Waals surface area contributed by atoms with Crippen molar-refractivity contribution in [2.45, 2.75) is 239 Å². The van der Waals surface area contributed by atoms with Gasteiger partial charge in [-0.2, -0.15) is 8.42 Å². The van der Waals surface area contributed by atoms with E-state index in [2.05, 4.69) is 13.8 Å². The van der Waals surface area contributed by atoms with E-state index in [4.69, 9.17) is 23.3 Å². The van der Waals surface area contributed by atoms with Gasteiger partial charge in [-0.25, -0.2) is 0 Å². The largest absolute Gasteiger partial charge is 0.394 e. The minimum atomic E-state index is -4.67. The molecule has 0 radical (unpaired) electrons. The summed E-state index contributed by atoms with van der Waals surface area (Å²) in [5, 5.41) is 11.1. The van der Waals surface area contributed by atoms with Crippen LogP contribution in [0, 0.1) is 5.41 Å². The highest BCUT2D eigenvalue weighted by Gasteiger charge is 2.52. The Bertz CT molecular complexity index is 837. The number of rotatable bonds is 36. The lowest BCUT2D eigenvalue weighted by Crippen LogP contribution is -2.58. The maximum atomic E-state index is 13.4. The van der Waals surface area contributed by atoms with Crippen LogP contribution in [0.5, 0.6) is 0 Å². The van der Waals surface area contributed by atoms with Crippen LogP contribution in [-0.4, -0.2) is 46.3 Å². The Labute approximate surface area is 309 Å². The van der Waals surface area contributed by atoms with E-state index < -0.39 is 21.4 Å². The molecule has 0 bridgehead atoms. The van der Waals surface area contributed by atoms with Crippen LogP contribution in [0.25, 0.3) is 0 Å². The summed E-state index contributed by atoms with van der Waals surface area (Å²) < 4.78 is 31.6. The molecule has 0 aliphatic rings. The average Bonchev–Trinajstić information content (AvgIpc) is 3.06. The van der Waals surface area contributed by atoms with Gasteiger partial charge in [0.05, 0.1) is 5.60 Å². The molecule has 0 aliphatic carbocycles. The first kappa shape index (κ1) is 51.2. The number of carbonyl (C=O) groups is 2. The maximum absolute atomic E-state index is 13.4. The van der Waals surface area contributed by atoms with E-state index in [-0.39, 0.29) is 18.1 Å². The SMILES string of the molecule is CCCCCCCCCCCCCCCCCC(=O)C(C)(C(=O)CCCCCCCCCCCCCCCCC)C(C)(O)CN.O=S(=O)(O)O. The normalized spacial score (nSPS) is 13.1. The quantitative estimate of drug-likeness (QED) is 0.0282. The molecule has 0 saturated carbocycles. The number of hydrogen-bond acceptors (Lipinski definition) is 6. The molecule has 0 spiro atoms. The first-order valence-electron chi connectivity index (χ1n) is 21.0. The van der Waals surface area contributed by atoms with Crippen molar-refractivity contribution in [3.8, 4) is 0 Å². The first-order valence-corrected chi connectivity index (χ1v) is 22.4. The molecule has 8 nitrogen and oxygen atoms in total. The molecule has 300 valence electrons. The zero-order chi connectivity index (χ0) is 38.0. The second-order valence-corrected chi connectivity index (χ2v) is 16.2. The van der Waals surface area contributed by atoms with Gasteiger partial charge in [0.15, 0.2) is 0 Å². The summed E-state index contributed by atoms with van der Waals surface area (Å²) in [4.78, 5) is 26.7. The summed E-state index contributed by atoms with van der Waals surface area (Å²) in [6, 6.07) is 0. The number of hydrogen-bond donors (Lipinski definition) is 4. The van der Waals surface area contributed by atoms with E-state index in [1.807, 2.05) is 0 Å². The van der Waals surface area contributed by atoms with E-state index in [0.29, 0.717) is 12.8 Å². The molecule has 0 rings (SSSR count). The van der Waals surface area contributed by atoms with Crippen LogP contribution < -0.4 is 5.73 Å². The molecule has 0 aromatic carbocycles. The van der Waals surface area contributed by atoms with Crippen LogP contribution in [0.3, 0.4) is 0 Å². The van der Waals surface area contributed by atoms with Gasteiger partial charge in [0.2, 0.25) is 0 Å². The van der Waals surface area contributed by atoms with Crippen LogP contribution >= 0.6 is 0 Å². The van der Waals surface area contributed by atoms with Gasteiger partial charge in [0.1, 0.15) is 17.0 Å². The molecule has 0 saturated heterocycles. The zero-order valence-corrected chi connectivity index (χ0v) is 34.1. The Balaban J connectivity index is 0. The van der Waals surface area contributed by atoms with Crippen molar-refractivity contribution in [3.63, 3.8) is 0 Å². The monoisotopic (exact) mass is 734 g/mol. The van der Waals surface area contributed by atoms with Gasteiger partial charge >= 0.3 is 10.4 Å². The molecular weight excluding hydrogens is 651 g/mol. The fourth-order valence-corrected chi connectivity index (χ4v) is 6.77. The van der Waals surface area contributed by atoms with E-state index in [1.54, 1.807) is 13.8 Å². The van der Waals surface area contributed by atoms with Crippen molar-refractivity contribution < 1.29 is 32.2 Å². The minimum absolute atomic E-state index is 0.0846. The lowest BCUT2D eigenvalue weighted by Gasteiger charge is -2.39. The fraction of sp³-hybridized carbons (Fsp3) is 0.951. The van der Waals surface area contributed by atoms with Gasteiger partial charge in [0, 0.05) is 19.4 Å². The van der Waals surface area contributed by atoms with Crippen molar-refractivity contribution in [1.82, 2.24) is 0 Å². The summed E-state index contributed by atoms with van der Waals surface area (Å²) in [7, 11) is -4.67. The Kier molecular flexibility index (Phi) is 34.8. The van der Waals surface area contributed by atoms with Crippen molar-refractivity contribution in [1.29, 1.82) is 0 Å². The first-order chi connectivity index (χ1) is 23.8. The predicted octanol–water partition coefficient (Wildman–Crippen LogP) is 11.7. The van der Waals surface area contributed by atoms with Crippen LogP contribution in [-0.2, 0) is 20.0 Å². The summed E-state index contributed by atoms with van der Waals surface area (Å²) in [5.41, 5.74) is 2.97. The second-order valence-electron chi connectivity index (χ2n) is 15.3. The summed E-state index contributed by atoms with van der Waals surface area (Å²) in [6.45, 7) is 7.69. The number of carbonyl (C=O) groups excluding carboxylic acids is 2. The molecule has 0 aromatic rings. The Hall–Kier alpha value is -0.870. The van der Waals surface area contributed by atoms with Crippen molar-refractivity contribution in [2.24, 2.45) is 11.1 Å². The molecule has 50 heavy (non-hydrogen) atoms. The van der Waals surface area contributed by atoms with Gasteiger partial charge in [0.25, 0.3) is 0 Å². The highest BCUT2D eigenvalue weighted by molar-refractivity contribution is 7.79. The van der Waals surface area contributed by atoms with Crippen LogP contribution in [0.2, 0.25) is 0 Å². The summed E-state index contributed by atoms with van der Waals surface area (Å²) in [6.07, 6.45) is 39.1. The molecule has 0 heterocycles. The number of nitrogens with two attached hydrogens (primary N) is 1.